The third kappa shape index (κ3) is 4.68. The second kappa shape index (κ2) is 9.16. The Hall–Kier alpha value is -3.41. The van der Waals surface area contributed by atoms with E-state index in [0.29, 0.717) is 11.6 Å². The maximum atomic E-state index is 12.8. The minimum absolute atomic E-state index is 0.337. The second-order valence-electron chi connectivity index (χ2n) is 7.76. The third-order valence-electron chi connectivity index (χ3n) is 5.53. The van der Waals surface area contributed by atoms with Crippen molar-refractivity contribution in [2.24, 2.45) is 0 Å². The topological polar surface area (TPSA) is 73.2 Å². The maximum Gasteiger partial charge on any atom is 0.357 e. The molecule has 0 saturated heterocycles. The van der Waals surface area contributed by atoms with Gasteiger partial charge in [-0.25, -0.2) is 9.48 Å². The van der Waals surface area contributed by atoms with E-state index in [9.17, 15) is 9.59 Å². The highest BCUT2D eigenvalue weighted by atomic mass is 16.5. The number of para-hydroxylation sites is 2. The van der Waals surface area contributed by atoms with Gasteiger partial charge < -0.3 is 10.1 Å². The smallest absolute Gasteiger partial charge is 0.357 e. The molecule has 1 fully saturated rings. The zero-order valence-electron chi connectivity index (χ0n) is 17.9. The average Bonchev–Trinajstić information content (AvgIpc) is 3.56. The molecule has 31 heavy (non-hydrogen) atoms. The first-order valence-electron chi connectivity index (χ1n) is 10.8. The van der Waals surface area contributed by atoms with E-state index in [2.05, 4.69) is 10.4 Å². The zero-order chi connectivity index (χ0) is 21.8. The molecule has 1 aliphatic rings. The molecule has 1 aliphatic carbocycles. The predicted molar refractivity (Wildman–Crippen MR) is 120 cm³/mol. The quantitative estimate of drug-likeness (QED) is 0.541. The van der Waals surface area contributed by atoms with Crippen LogP contribution in [0.4, 0.5) is 5.69 Å². The minimum atomic E-state index is -0.558. The van der Waals surface area contributed by atoms with E-state index in [-0.39, 0.29) is 12.5 Å². The first-order chi connectivity index (χ1) is 15.1. The van der Waals surface area contributed by atoms with Gasteiger partial charge >= 0.3 is 5.97 Å². The van der Waals surface area contributed by atoms with Gasteiger partial charge in [-0.3, -0.25) is 4.79 Å². The lowest BCUT2D eigenvalue weighted by molar-refractivity contribution is -0.119. The Bertz CT molecular complexity index is 1060. The highest BCUT2D eigenvalue weighted by Crippen LogP contribution is 2.39. The number of carbonyl (C=O) groups excluding carboxylic acids is 2. The van der Waals surface area contributed by atoms with Crippen molar-refractivity contribution in [3.05, 3.63) is 77.1 Å². The first-order valence-corrected chi connectivity index (χ1v) is 10.8. The van der Waals surface area contributed by atoms with Gasteiger partial charge in [-0.05, 0) is 55.0 Å². The average molecular weight is 418 g/mol. The molecule has 0 spiro atoms. The highest BCUT2D eigenvalue weighted by Gasteiger charge is 2.29. The summed E-state index contributed by atoms with van der Waals surface area (Å²) in [5.41, 5.74) is 4.97. The van der Waals surface area contributed by atoms with Crippen LogP contribution in [0.2, 0.25) is 0 Å². The summed E-state index contributed by atoms with van der Waals surface area (Å²) in [6, 6.07) is 17.3. The normalized spacial score (nSPS) is 13.1. The summed E-state index contributed by atoms with van der Waals surface area (Å²) in [5.74, 6) is -0.507. The highest BCUT2D eigenvalue weighted by molar-refractivity contribution is 5.96. The Morgan fingerprint density at radius 2 is 1.71 bits per heavy atom. The lowest BCUT2D eigenvalue weighted by atomic mass is 10.0. The molecule has 1 heterocycles. The zero-order valence-corrected chi connectivity index (χ0v) is 17.9. The Morgan fingerprint density at radius 1 is 1.03 bits per heavy atom. The van der Waals surface area contributed by atoms with Gasteiger partial charge in [0.1, 0.15) is 0 Å². The van der Waals surface area contributed by atoms with E-state index in [1.165, 1.54) is 0 Å². The molecule has 2 aromatic carbocycles. The molecule has 0 atom stereocenters. The third-order valence-corrected chi connectivity index (χ3v) is 5.53. The Morgan fingerprint density at radius 3 is 2.32 bits per heavy atom. The number of esters is 1. The molecule has 3 aromatic rings. The molecule has 1 N–H and O–H groups in total. The molecule has 0 bridgehead atoms. The Labute approximate surface area is 182 Å². The summed E-state index contributed by atoms with van der Waals surface area (Å²) in [5, 5.41) is 7.55. The number of anilines is 1. The number of rotatable bonds is 8. The number of benzene rings is 2. The van der Waals surface area contributed by atoms with Crippen molar-refractivity contribution in [3.8, 4) is 5.69 Å². The standard InChI is InChI=1S/C25H27N3O3/c1-3-17-9-8-10-18(4-2)24(17)26-23(29)16-31-25(30)22-15-21(19-13-14-19)27-28(22)20-11-6-5-7-12-20/h5-12,15,19H,3-4,13-14,16H2,1-2H3,(H,26,29). The first kappa shape index (κ1) is 20.8. The molecule has 160 valence electrons. The summed E-state index contributed by atoms with van der Waals surface area (Å²) in [4.78, 5) is 25.4. The van der Waals surface area contributed by atoms with E-state index < -0.39 is 5.97 Å². The van der Waals surface area contributed by atoms with Crippen LogP contribution in [0.25, 0.3) is 5.69 Å². The molecule has 0 radical (unpaired) electrons. The fourth-order valence-corrected chi connectivity index (χ4v) is 3.67. The monoisotopic (exact) mass is 417 g/mol. The van der Waals surface area contributed by atoms with Crippen molar-refractivity contribution in [2.75, 3.05) is 11.9 Å². The molecule has 1 saturated carbocycles. The van der Waals surface area contributed by atoms with Crippen molar-refractivity contribution in [1.29, 1.82) is 0 Å². The predicted octanol–water partition coefficient (Wildman–Crippen LogP) is 4.67. The number of amides is 1. The number of ether oxygens (including phenoxy) is 1. The van der Waals surface area contributed by atoms with Crippen LogP contribution in [0.3, 0.4) is 0 Å². The second-order valence-corrected chi connectivity index (χ2v) is 7.76. The van der Waals surface area contributed by atoms with Crippen molar-refractivity contribution in [2.45, 2.75) is 45.4 Å². The van der Waals surface area contributed by atoms with Crippen LogP contribution in [-0.4, -0.2) is 28.3 Å². The number of hydrogen-bond acceptors (Lipinski definition) is 4. The van der Waals surface area contributed by atoms with Gasteiger partial charge in [0.25, 0.3) is 5.91 Å². The summed E-state index contributed by atoms with van der Waals surface area (Å²) in [6.07, 6.45) is 3.78. The van der Waals surface area contributed by atoms with Crippen LogP contribution in [0, 0.1) is 0 Å². The van der Waals surface area contributed by atoms with E-state index in [1.54, 1.807) is 10.7 Å². The van der Waals surface area contributed by atoms with Gasteiger partial charge in [0.05, 0.1) is 11.4 Å². The Kier molecular flexibility index (Phi) is 6.16. The lowest BCUT2D eigenvalue weighted by Gasteiger charge is -2.14. The maximum absolute atomic E-state index is 12.8. The van der Waals surface area contributed by atoms with Gasteiger partial charge in [0, 0.05) is 11.6 Å². The summed E-state index contributed by atoms with van der Waals surface area (Å²) < 4.78 is 6.98. The molecular weight excluding hydrogens is 390 g/mol. The number of carbonyl (C=O) groups is 2. The van der Waals surface area contributed by atoms with E-state index in [4.69, 9.17) is 4.74 Å². The molecular formula is C25H27N3O3. The number of aryl methyl sites for hydroxylation is 2. The summed E-state index contributed by atoms with van der Waals surface area (Å²) in [7, 11) is 0. The lowest BCUT2D eigenvalue weighted by Crippen LogP contribution is -2.23. The van der Waals surface area contributed by atoms with E-state index in [1.807, 2.05) is 62.4 Å². The molecule has 6 nitrogen and oxygen atoms in total. The SMILES string of the molecule is CCc1cccc(CC)c1NC(=O)COC(=O)c1cc(C2CC2)nn1-c1ccccc1. The van der Waals surface area contributed by atoms with Crippen molar-refractivity contribution in [3.63, 3.8) is 0 Å². The molecule has 0 unspecified atom stereocenters. The van der Waals surface area contributed by atoms with Gasteiger partial charge in [0.2, 0.25) is 0 Å². The molecule has 1 amide bonds. The van der Waals surface area contributed by atoms with Crippen molar-refractivity contribution >= 4 is 17.6 Å². The Balaban J connectivity index is 1.48. The van der Waals surface area contributed by atoms with Crippen LogP contribution in [-0.2, 0) is 22.4 Å². The van der Waals surface area contributed by atoms with Crippen molar-refractivity contribution < 1.29 is 14.3 Å². The summed E-state index contributed by atoms with van der Waals surface area (Å²) >= 11 is 0. The van der Waals surface area contributed by atoms with Gasteiger partial charge in [-0.1, -0.05) is 50.2 Å². The van der Waals surface area contributed by atoms with Crippen molar-refractivity contribution in [1.82, 2.24) is 9.78 Å². The molecule has 1 aromatic heterocycles. The van der Waals surface area contributed by atoms with Crippen LogP contribution in [0.5, 0.6) is 0 Å². The fraction of sp³-hybridized carbons (Fsp3) is 0.320. The number of hydrogen-bond donors (Lipinski definition) is 1. The van der Waals surface area contributed by atoms with E-state index >= 15 is 0 Å². The number of nitrogens with one attached hydrogen (secondary N) is 1. The van der Waals surface area contributed by atoms with Crippen LogP contribution < -0.4 is 5.32 Å². The molecule has 4 rings (SSSR count). The van der Waals surface area contributed by atoms with E-state index in [0.717, 1.165) is 53.9 Å². The van der Waals surface area contributed by atoms with Crippen LogP contribution in [0.15, 0.2) is 54.6 Å². The van der Waals surface area contributed by atoms with Gasteiger partial charge in [-0.15, -0.1) is 0 Å². The number of nitrogens with zero attached hydrogens (tertiary/aromatic N) is 2. The van der Waals surface area contributed by atoms with Gasteiger partial charge in [0.15, 0.2) is 12.3 Å². The van der Waals surface area contributed by atoms with Crippen LogP contribution >= 0.6 is 0 Å². The summed E-state index contributed by atoms with van der Waals surface area (Å²) in [6.45, 7) is 3.75. The molecule has 0 aliphatic heterocycles. The van der Waals surface area contributed by atoms with Gasteiger partial charge in [-0.2, -0.15) is 5.10 Å². The minimum Gasteiger partial charge on any atom is -0.451 e. The largest absolute Gasteiger partial charge is 0.451 e. The molecule has 6 heteroatoms. The van der Waals surface area contributed by atoms with Crippen LogP contribution in [0.1, 0.15) is 59.9 Å². The fourth-order valence-electron chi connectivity index (χ4n) is 3.67. The number of aromatic nitrogens is 2.